The third-order valence-corrected chi connectivity index (χ3v) is 2.68. The molecular weight excluding hydrogens is 242 g/mol. The fraction of sp³-hybridized carbons (Fsp3) is 0.214. The maximum absolute atomic E-state index is 11.0. The van der Waals surface area contributed by atoms with Crippen molar-refractivity contribution < 1.29 is 9.90 Å². The molecule has 0 spiro atoms. The van der Waals surface area contributed by atoms with Gasteiger partial charge in [-0.1, -0.05) is 17.7 Å². The van der Waals surface area contributed by atoms with Gasteiger partial charge in [-0.3, -0.25) is 4.79 Å². The van der Waals surface area contributed by atoms with E-state index in [1.807, 2.05) is 31.2 Å². The maximum atomic E-state index is 11.0. The number of aryl methyl sites for hydroxylation is 1. The molecule has 2 rings (SSSR count). The number of hydrogen-bond donors (Lipinski definition) is 1. The molecule has 0 aliphatic rings. The molecule has 0 atom stereocenters. The number of aliphatic carboxylic acids is 1. The molecule has 1 heterocycles. The van der Waals surface area contributed by atoms with Crippen LogP contribution in [-0.2, 0) is 11.3 Å². The van der Waals surface area contributed by atoms with Crippen molar-refractivity contribution in [2.75, 3.05) is 11.4 Å². The van der Waals surface area contributed by atoms with Gasteiger partial charge in [0.15, 0.2) is 0 Å². The molecule has 19 heavy (non-hydrogen) atoms. The molecule has 0 unspecified atom stereocenters. The third-order valence-electron chi connectivity index (χ3n) is 2.68. The Morgan fingerprint density at radius 3 is 2.42 bits per heavy atom. The van der Waals surface area contributed by atoms with Crippen LogP contribution in [0.4, 0.5) is 5.69 Å². The smallest absolute Gasteiger partial charge is 0.323 e. The summed E-state index contributed by atoms with van der Waals surface area (Å²) in [5, 5.41) is 9.00. The molecule has 0 radical (unpaired) electrons. The monoisotopic (exact) mass is 257 g/mol. The molecular formula is C14H15N3O2. The number of carbonyl (C=O) groups is 1. The van der Waals surface area contributed by atoms with Crippen molar-refractivity contribution in [3.05, 3.63) is 54.1 Å². The number of carboxylic acids is 1. The standard InChI is InChI=1S/C14H15N3O2/c1-11-3-5-12(6-4-11)17(10-14(18)19)9-13-15-7-2-8-16-13/h2-8H,9-10H2,1H3,(H,18,19). The minimum atomic E-state index is -0.878. The number of carboxylic acid groups (broad SMARTS) is 1. The highest BCUT2D eigenvalue weighted by atomic mass is 16.4. The first kappa shape index (κ1) is 13.0. The zero-order valence-corrected chi connectivity index (χ0v) is 10.7. The van der Waals surface area contributed by atoms with Gasteiger partial charge in [0.1, 0.15) is 12.4 Å². The molecule has 0 aliphatic carbocycles. The van der Waals surface area contributed by atoms with Gasteiger partial charge in [0.05, 0.1) is 6.54 Å². The number of benzene rings is 1. The van der Waals surface area contributed by atoms with E-state index in [2.05, 4.69) is 9.97 Å². The Balaban J connectivity index is 2.20. The van der Waals surface area contributed by atoms with Crippen LogP contribution in [0, 0.1) is 6.92 Å². The van der Waals surface area contributed by atoms with Crippen LogP contribution in [0.15, 0.2) is 42.7 Å². The Kier molecular flexibility index (Phi) is 4.07. The Bertz CT molecular complexity index is 540. The van der Waals surface area contributed by atoms with Crippen molar-refractivity contribution in [1.29, 1.82) is 0 Å². The van der Waals surface area contributed by atoms with Crippen molar-refractivity contribution in [1.82, 2.24) is 9.97 Å². The lowest BCUT2D eigenvalue weighted by Crippen LogP contribution is -2.29. The van der Waals surface area contributed by atoms with Crippen LogP contribution in [0.1, 0.15) is 11.4 Å². The first-order chi connectivity index (χ1) is 9.15. The SMILES string of the molecule is Cc1ccc(N(CC(=O)O)Cc2ncccn2)cc1. The van der Waals surface area contributed by atoms with Gasteiger partial charge >= 0.3 is 5.97 Å². The van der Waals surface area contributed by atoms with E-state index < -0.39 is 5.97 Å². The van der Waals surface area contributed by atoms with Gasteiger partial charge in [-0.15, -0.1) is 0 Å². The zero-order chi connectivity index (χ0) is 13.7. The second-order valence-corrected chi connectivity index (χ2v) is 4.25. The van der Waals surface area contributed by atoms with Crippen molar-refractivity contribution in [3.8, 4) is 0 Å². The quantitative estimate of drug-likeness (QED) is 0.885. The predicted molar refractivity (Wildman–Crippen MR) is 71.9 cm³/mol. The van der Waals surface area contributed by atoms with Crippen molar-refractivity contribution in [3.63, 3.8) is 0 Å². The van der Waals surface area contributed by atoms with Crippen molar-refractivity contribution in [2.45, 2.75) is 13.5 Å². The molecule has 0 fully saturated rings. The van der Waals surface area contributed by atoms with E-state index in [9.17, 15) is 4.79 Å². The van der Waals surface area contributed by atoms with Gasteiger partial charge in [0.25, 0.3) is 0 Å². The summed E-state index contributed by atoms with van der Waals surface area (Å²) in [6.45, 7) is 2.28. The van der Waals surface area contributed by atoms with E-state index in [1.54, 1.807) is 23.4 Å². The van der Waals surface area contributed by atoms with Crippen LogP contribution in [0.25, 0.3) is 0 Å². The Labute approximate surface area is 111 Å². The summed E-state index contributed by atoms with van der Waals surface area (Å²) in [4.78, 5) is 20.9. The summed E-state index contributed by atoms with van der Waals surface area (Å²) >= 11 is 0. The molecule has 1 N–H and O–H groups in total. The molecule has 2 aromatic rings. The van der Waals surface area contributed by atoms with Crippen molar-refractivity contribution >= 4 is 11.7 Å². The first-order valence-electron chi connectivity index (χ1n) is 5.94. The molecule has 1 aromatic carbocycles. The van der Waals surface area contributed by atoms with Gasteiger partial charge in [-0.05, 0) is 25.1 Å². The average Bonchev–Trinajstić information content (AvgIpc) is 2.39. The molecule has 1 aromatic heterocycles. The molecule has 0 aliphatic heterocycles. The first-order valence-corrected chi connectivity index (χ1v) is 5.94. The highest BCUT2D eigenvalue weighted by Crippen LogP contribution is 2.16. The van der Waals surface area contributed by atoms with E-state index in [0.29, 0.717) is 12.4 Å². The fourth-order valence-electron chi connectivity index (χ4n) is 1.74. The molecule has 5 heteroatoms. The lowest BCUT2D eigenvalue weighted by atomic mass is 10.2. The highest BCUT2D eigenvalue weighted by molar-refractivity contribution is 5.73. The summed E-state index contributed by atoms with van der Waals surface area (Å²) in [6.07, 6.45) is 3.30. The van der Waals surface area contributed by atoms with Crippen molar-refractivity contribution in [2.24, 2.45) is 0 Å². The second-order valence-electron chi connectivity index (χ2n) is 4.25. The van der Waals surface area contributed by atoms with Gasteiger partial charge in [0, 0.05) is 18.1 Å². The maximum Gasteiger partial charge on any atom is 0.323 e. The third kappa shape index (κ3) is 3.77. The Hall–Kier alpha value is -2.43. The largest absolute Gasteiger partial charge is 0.480 e. The molecule has 0 amide bonds. The van der Waals surface area contributed by atoms with Gasteiger partial charge in [-0.25, -0.2) is 9.97 Å². The minimum absolute atomic E-state index is 0.0820. The van der Waals surface area contributed by atoms with Crippen LogP contribution < -0.4 is 4.90 Å². The lowest BCUT2D eigenvalue weighted by Gasteiger charge is -2.22. The highest BCUT2D eigenvalue weighted by Gasteiger charge is 2.12. The summed E-state index contributed by atoms with van der Waals surface area (Å²) in [5.41, 5.74) is 1.98. The van der Waals surface area contributed by atoms with Gasteiger partial charge in [0.2, 0.25) is 0 Å². The minimum Gasteiger partial charge on any atom is -0.480 e. The van der Waals surface area contributed by atoms with Gasteiger partial charge in [-0.2, -0.15) is 0 Å². The molecule has 98 valence electrons. The summed E-state index contributed by atoms with van der Waals surface area (Å²) in [5.74, 6) is -0.277. The number of hydrogen-bond acceptors (Lipinski definition) is 4. The molecule has 0 saturated carbocycles. The van der Waals surface area contributed by atoms with E-state index in [4.69, 9.17) is 5.11 Å². The van der Waals surface area contributed by atoms with Crippen LogP contribution in [-0.4, -0.2) is 27.6 Å². The van der Waals surface area contributed by atoms with E-state index >= 15 is 0 Å². The summed E-state index contributed by atoms with van der Waals surface area (Å²) < 4.78 is 0. The number of aromatic nitrogens is 2. The van der Waals surface area contributed by atoms with E-state index in [1.165, 1.54) is 0 Å². The summed E-state index contributed by atoms with van der Waals surface area (Å²) in [6, 6.07) is 9.45. The van der Waals surface area contributed by atoms with Crippen LogP contribution in [0.2, 0.25) is 0 Å². The van der Waals surface area contributed by atoms with Gasteiger partial charge < -0.3 is 10.0 Å². The average molecular weight is 257 g/mol. The van der Waals surface area contributed by atoms with Crippen LogP contribution in [0.3, 0.4) is 0 Å². The number of rotatable bonds is 5. The topological polar surface area (TPSA) is 66.3 Å². The zero-order valence-electron chi connectivity index (χ0n) is 10.7. The number of anilines is 1. The van der Waals surface area contributed by atoms with E-state index in [0.717, 1.165) is 11.3 Å². The fourth-order valence-corrected chi connectivity index (χ4v) is 1.74. The molecule has 0 saturated heterocycles. The summed E-state index contributed by atoms with van der Waals surface area (Å²) in [7, 11) is 0. The molecule has 0 bridgehead atoms. The second kappa shape index (κ2) is 5.95. The molecule has 5 nitrogen and oxygen atoms in total. The normalized spacial score (nSPS) is 10.2. The Morgan fingerprint density at radius 2 is 1.84 bits per heavy atom. The van der Waals surface area contributed by atoms with E-state index in [-0.39, 0.29) is 6.54 Å². The lowest BCUT2D eigenvalue weighted by molar-refractivity contribution is -0.135. The number of nitrogens with zero attached hydrogens (tertiary/aromatic N) is 3. The van der Waals surface area contributed by atoms with Crippen LogP contribution >= 0.6 is 0 Å². The Morgan fingerprint density at radius 1 is 1.21 bits per heavy atom. The van der Waals surface area contributed by atoms with Crippen LogP contribution in [0.5, 0.6) is 0 Å². The predicted octanol–water partition coefficient (Wildman–Crippen LogP) is 1.88.